The van der Waals surface area contributed by atoms with Gasteiger partial charge in [-0.05, 0) is 71.4 Å². The Labute approximate surface area is 141 Å². The molecular weight excluding hydrogens is 326 g/mol. The maximum Gasteiger partial charge on any atom is 0.221 e. The van der Waals surface area contributed by atoms with E-state index in [2.05, 4.69) is 52.6 Å². The highest BCUT2D eigenvalue weighted by molar-refractivity contribution is 8.01. The highest BCUT2D eigenvalue weighted by Gasteiger charge is 2.13. The first kappa shape index (κ1) is 14.3. The number of fused-ring (bicyclic) bond motifs is 1. The first-order valence-corrected chi connectivity index (χ1v) is 8.73. The third kappa shape index (κ3) is 2.73. The Morgan fingerprint density at radius 3 is 2.74 bits per heavy atom. The lowest BCUT2D eigenvalue weighted by molar-refractivity contribution is 0.755. The summed E-state index contributed by atoms with van der Waals surface area (Å²) in [7, 11) is 0. The number of aryl methyl sites for hydroxylation is 2. The van der Waals surface area contributed by atoms with Crippen molar-refractivity contribution >= 4 is 33.3 Å². The molecule has 0 atom stereocenters. The van der Waals surface area contributed by atoms with Crippen LogP contribution < -0.4 is 0 Å². The summed E-state index contributed by atoms with van der Waals surface area (Å²) in [6.07, 6.45) is 0. The number of aromatic nitrogens is 5. The summed E-state index contributed by atoms with van der Waals surface area (Å²) in [5, 5.41) is 12.8. The summed E-state index contributed by atoms with van der Waals surface area (Å²) in [4.78, 5) is 4.63. The Morgan fingerprint density at radius 2 is 1.91 bits per heavy atom. The van der Waals surface area contributed by atoms with Crippen LogP contribution in [0.3, 0.4) is 0 Å². The second-order valence-electron chi connectivity index (χ2n) is 5.19. The fraction of sp³-hybridized carbons (Fsp3) is 0.125. The zero-order chi connectivity index (χ0) is 15.8. The Balaban J connectivity index is 1.70. The van der Waals surface area contributed by atoms with Crippen molar-refractivity contribution in [3.8, 4) is 5.69 Å². The molecule has 0 fully saturated rings. The Kier molecular flexibility index (Phi) is 3.59. The van der Waals surface area contributed by atoms with Gasteiger partial charge in [0.05, 0.1) is 15.9 Å². The predicted octanol–water partition coefficient (Wildman–Crippen LogP) is 4.04. The smallest absolute Gasteiger partial charge is 0.221 e. The van der Waals surface area contributed by atoms with Crippen LogP contribution in [0.25, 0.3) is 15.9 Å². The molecule has 4 rings (SSSR count). The fourth-order valence-corrected chi connectivity index (χ4v) is 4.20. The molecule has 0 aliphatic carbocycles. The Hall–Kier alpha value is -2.25. The van der Waals surface area contributed by atoms with E-state index < -0.39 is 0 Å². The molecule has 0 N–H and O–H groups in total. The average molecular weight is 339 g/mol. The first-order chi connectivity index (χ1) is 11.2. The van der Waals surface area contributed by atoms with E-state index in [0.717, 1.165) is 15.5 Å². The number of para-hydroxylation sites is 1. The van der Waals surface area contributed by atoms with Gasteiger partial charge in [0.2, 0.25) is 5.16 Å². The molecule has 0 saturated carbocycles. The number of tetrazole rings is 1. The fourth-order valence-electron chi connectivity index (χ4n) is 2.23. The molecule has 0 unspecified atom stereocenters. The topological polar surface area (TPSA) is 56.5 Å². The first-order valence-electron chi connectivity index (χ1n) is 7.10. The zero-order valence-electron chi connectivity index (χ0n) is 12.6. The largest absolute Gasteiger partial charge is 0.229 e. The molecule has 0 saturated heterocycles. The summed E-state index contributed by atoms with van der Waals surface area (Å²) in [6, 6.07) is 14.3. The van der Waals surface area contributed by atoms with Gasteiger partial charge in [-0.3, -0.25) is 0 Å². The zero-order valence-corrected chi connectivity index (χ0v) is 14.2. The summed E-state index contributed by atoms with van der Waals surface area (Å²) in [5.74, 6) is 0. The molecule has 0 aliphatic rings. The molecule has 0 spiro atoms. The van der Waals surface area contributed by atoms with E-state index in [1.165, 1.54) is 27.6 Å². The molecule has 0 amide bonds. The minimum Gasteiger partial charge on any atom is -0.229 e. The van der Waals surface area contributed by atoms with Gasteiger partial charge >= 0.3 is 0 Å². The van der Waals surface area contributed by atoms with Crippen LogP contribution >= 0.6 is 23.1 Å². The van der Waals surface area contributed by atoms with E-state index >= 15 is 0 Å². The molecular formula is C16H13N5S2. The van der Waals surface area contributed by atoms with Gasteiger partial charge in [-0.1, -0.05) is 18.2 Å². The van der Waals surface area contributed by atoms with Gasteiger partial charge < -0.3 is 0 Å². The van der Waals surface area contributed by atoms with E-state index in [1.54, 1.807) is 16.0 Å². The molecule has 7 heteroatoms. The van der Waals surface area contributed by atoms with Crippen LogP contribution in [0, 0.1) is 13.8 Å². The van der Waals surface area contributed by atoms with Crippen molar-refractivity contribution in [3.05, 3.63) is 53.6 Å². The van der Waals surface area contributed by atoms with Crippen molar-refractivity contribution in [2.24, 2.45) is 0 Å². The molecule has 2 aromatic carbocycles. The summed E-state index contributed by atoms with van der Waals surface area (Å²) in [5.41, 5.74) is 4.43. The van der Waals surface area contributed by atoms with Crippen LogP contribution in [0.1, 0.15) is 11.1 Å². The highest BCUT2D eigenvalue weighted by Crippen LogP contribution is 2.33. The van der Waals surface area contributed by atoms with Gasteiger partial charge in [-0.15, -0.1) is 16.4 Å². The van der Waals surface area contributed by atoms with Gasteiger partial charge in [-0.25, -0.2) is 4.98 Å². The van der Waals surface area contributed by atoms with Gasteiger partial charge in [0.25, 0.3) is 0 Å². The number of benzene rings is 2. The van der Waals surface area contributed by atoms with E-state index in [4.69, 9.17) is 0 Å². The van der Waals surface area contributed by atoms with Crippen molar-refractivity contribution in [1.29, 1.82) is 0 Å². The van der Waals surface area contributed by atoms with Gasteiger partial charge in [0.15, 0.2) is 4.34 Å². The van der Waals surface area contributed by atoms with Crippen LogP contribution in [0.15, 0.2) is 52.0 Å². The molecule has 0 bridgehead atoms. The molecule has 23 heavy (non-hydrogen) atoms. The van der Waals surface area contributed by atoms with Gasteiger partial charge in [-0.2, -0.15) is 4.68 Å². The van der Waals surface area contributed by atoms with Crippen molar-refractivity contribution in [2.45, 2.75) is 23.3 Å². The third-order valence-corrected chi connectivity index (χ3v) is 5.66. The molecule has 114 valence electrons. The molecule has 2 heterocycles. The van der Waals surface area contributed by atoms with Gasteiger partial charge in [0, 0.05) is 0 Å². The number of nitrogens with zero attached hydrogens (tertiary/aromatic N) is 5. The molecule has 0 aliphatic heterocycles. The number of hydrogen-bond donors (Lipinski definition) is 0. The molecule has 2 aromatic heterocycles. The lowest BCUT2D eigenvalue weighted by Gasteiger charge is -2.05. The minimum atomic E-state index is 0.715. The SMILES string of the molecule is Cc1ccc(-n2nnnc2Sc2nc3ccccc3s2)cc1C. The average Bonchev–Trinajstić information content (AvgIpc) is 3.16. The lowest BCUT2D eigenvalue weighted by Crippen LogP contribution is -1.99. The maximum absolute atomic E-state index is 4.63. The van der Waals surface area contributed by atoms with Gasteiger partial charge in [0.1, 0.15) is 0 Å². The summed E-state index contributed by atoms with van der Waals surface area (Å²) in [6.45, 7) is 4.18. The maximum atomic E-state index is 4.63. The quantitative estimate of drug-likeness (QED) is 0.564. The standard InChI is InChI=1S/C16H13N5S2/c1-10-7-8-12(9-11(10)2)21-15(18-19-20-21)23-16-17-13-5-3-4-6-14(13)22-16/h3-9H,1-2H3. The lowest BCUT2D eigenvalue weighted by atomic mass is 10.1. The molecule has 0 radical (unpaired) electrons. The van der Waals surface area contributed by atoms with Crippen LogP contribution in [0.2, 0.25) is 0 Å². The van der Waals surface area contributed by atoms with Crippen LogP contribution in [0.5, 0.6) is 0 Å². The minimum absolute atomic E-state index is 0.715. The second-order valence-corrected chi connectivity index (χ2v) is 7.44. The monoisotopic (exact) mass is 339 g/mol. The Morgan fingerprint density at radius 1 is 1.04 bits per heavy atom. The van der Waals surface area contributed by atoms with E-state index in [-0.39, 0.29) is 0 Å². The van der Waals surface area contributed by atoms with E-state index in [0.29, 0.717) is 5.16 Å². The van der Waals surface area contributed by atoms with Crippen LogP contribution in [0.4, 0.5) is 0 Å². The third-order valence-electron chi connectivity index (χ3n) is 3.63. The van der Waals surface area contributed by atoms with E-state index in [9.17, 15) is 0 Å². The van der Waals surface area contributed by atoms with Crippen molar-refractivity contribution in [1.82, 2.24) is 25.2 Å². The number of hydrogen-bond acceptors (Lipinski definition) is 6. The molecule has 5 nitrogen and oxygen atoms in total. The summed E-state index contributed by atoms with van der Waals surface area (Å²) >= 11 is 3.13. The van der Waals surface area contributed by atoms with Crippen molar-refractivity contribution < 1.29 is 0 Å². The van der Waals surface area contributed by atoms with Crippen molar-refractivity contribution in [3.63, 3.8) is 0 Å². The number of thiazole rings is 1. The Bertz CT molecular complexity index is 956. The summed E-state index contributed by atoms with van der Waals surface area (Å²) < 4.78 is 3.86. The molecule has 4 aromatic rings. The van der Waals surface area contributed by atoms with Crippen LogP contribution in [-0.2, 0) is 0 Å². The van der Waals surface area contributed by atoms with Crippen molar-refractivity contribution in [2.75, 3.05) is 0 Å². The predicted molar refractivity (Wildman–Crippen MR) is 92.4 cm³/mol. The van der Waals surface area contributed by atoms with Crippen LogP contribution in [-0.4, -0.2) is 25.2 Å². The normalized spacial score (nSPS) is 11.2. The number of rotatable bonds is 3. The highest BCUT2D eigenvalue weighted by atomic mass is 32.2. The van der Waals surface area contributed by atoms with E-state index in [1.807, 2.05) is 24.3 Å². The second kappa shape index (κ2) is 5.75.